The SMILES string of the molecule is CC(C)NS(=O)(=O)N1CCNC[C@H]1C.Cl. The van der Waals surface area contributed by atoms with E-state index in [-0.39, 0.29) is 24.5 Å². The van der Waals surface area contributed by atoms with Gasteiger partial charge in [-0.25, -0.2) is 0 Å². The highest BCUT2D eigenvalue weighted by atomic mass is 35.5. The van der Waals surface area contributed by atoms with Crippen molar-refractivity contribution in [1.82, 2.24) is 14.3 Å². The Balaban J connectivity index is 0.00000196. The fourth-order valence-corrected chi connectivity index (χ4v) is 3.16. The third-order valence-electron chi connectivity index (χ3n) is 2.13. The van der Waals surface area contributed by atoms with Crippen molar-refractivity contribution in [1.29, 1.82) is 0 Å². The topological polar surface area (TPSA) is 61.4 Å². The Morgan fingerprint density at radius 3 is 2.53 bits per heavy atom. The highest BCUT2D eigenvalue weighted by Crippen LogP contribution is 2.07. The molecule has 7 heteroatoms. The van der Waals surface area contributed by atoms with E-state index in [0.29, 0.717) is 6.54 Å². The lowest BCUT2D eigenvalue weighted by molar-refractivity contribution is 0.279. The van der Waals surface area contributed by atoms with Crippen molar-refractivity contribution in [3.05, 3.63) is 0 Å². The van der Waals surface area contributed by atoms with E-state index in [4.69, 9.17) is 0 Å². The Labute approximate surface area is 98.2 Å². The highest BCUT2D eigenvalue weighted by Gasteiger charge is 2.29. The lowest BCUT2D eigenvalue weighted by Gasteiger charge is -2.33. The lowest BCUT2D eigenvalue weighted by atomic mass is 10.3. The maximum atomic E-state index is 11.8. The van der Waals surface area contributed by atoms with Crippen LogP contribution in [-0.4, -0.2) is 44.4 Å². The molecule has 92 valence electrons. The van der Waals surface area contributed by atoms with Gasteiger partial charge in [-0.05, 0) is 20.8 Å². The summed E-state index contributed by atoms with van der Waals surface area (Å²) < 4.78 is 27.7. The van der Waals surface area contributed by atoms with E-state index >= 15 is 0 Å². The van der Waals surface area contributed by atoms with Gasteiger partial charge in [0.2, 0.25) is 0 Å². The molecule has 0 amide bonds. The van der Waals surface area contributed by atoms with Crippen LogP contribution in [0.15, 0.2) is 0 Å². The average Bonchev–Trinajstić information content (AvgIpc) is 2.02. The summed E-state index contributed by atoms with van der Waals surface area (Å²) in [4.78, 5) is 0. The molecule has 1 rings (SSSR count). The molecule has 1 saturated heterocycles. The standard InChI is InChI=1S/C8H19N3O2S.ClH/c1-7(2)10-14(12,13)11-5-4-9-6-8(11)3;/h7-10H,4-6H2,1-3H3;1H/t8-;/m1./s1. The minimum Gasteiger partial charge on any atom is -0.314 e. The average molecular weight is 258 g/mol. The van der Waals surface area contributed by atoms with Gasteiger partial charge in [0.05, 0.1) is 0 Å². The maximum absolute atomic E-state index is 11.8. The monoisotopic (exact) mass is 257 g/mol. The van der Waals surface area contributed by atoms with Crippen molar-refractivity contribution in [3.63, 3.8) is 0 Å². The second-order valence-electron chi connectivity index (χ2n) is 3.94. The number of rotatable bonds is 3. The first-order chi connectivity index (χ1) is 6.43. The van der Waals surface area contributed by atoms with E-state index < -0.39 is 10.2 Å². The zero-order valence-corrected chi connectivity index (χ0v) is 11.0. The predicted octanol–water partition coefficient (Wildman–Crippen LogP) is -0.0553. The van der Waals surface area contributed by atoms with Crippen LogP contribution in [0.25, 0.3) is 0 Å². The first-order valence-electron chi connectivity index (χ1n) is 4.93. The maximum Gasteiger partial charge on any atom is 0.280 e. The molecule has 0 saturated carbocycles. The molecule has 2 N–H and O–H groups in total. The number of piperazine rings is 1. The van der Waals surface area contributed by atoms with Gasteiger partial charge in [0.15, 0.2) is 0 Å². The normalized spacial score (nSPS) is 23.9. The molecular weight excluding hydrogens is 238 g/mol. The van der Waals surface area contributed by atoms with E-state index in [1.807, 2.05) is 20.8 Å². The van der Waals surface area contributed by atoms with Crippen molar-refractivity contribution in [3.8, 4) is 0 Å². The summed E-state index contributed by atoms with van der Waals surface area (Å²) in [6, 6.07) is -0.0258. The molecule has 1 aliphatic heterocycles. The summed E-state index contributed by atoms with van der Waals surface area (Å²) in [6.45, 7) is 7.55. The minimum absolute atomic E-state index is 0. The molecule has 0 spiro atoms. The summed E-state index contributed by atoms with van der Waals surface area (Å²) >= 11 is 0. The van der Waals surface area contributed by atoms with Gasteiger partial charge in [0.25, 0.3) is 10.2 Å². The van der Waals surface area contributed by atoms with E-state index in [1.165, 1.54) is 4.31 Å². The molecule has 0 aromatic carbocycles. The van der Waals surface area contributed by atoms with Crippen LogP contribution in [0, 0.1) is 0 Å². The smallest absolute Gasteiger partial charge is 0.280 e. The predicted molar refractivity (Wildman–Crippen MR) is 63.5 cm³/mol. The fraction of sp³-hybridized carbons (Fsp3) is 1.00. The molecule has 0 aromatic heterocycles. The Bertz CT molecular complexity index is 282. The van der Waals surface area contributed by atoms with Crippen LogP contribution >= 0.6 is 12.4 Å². The first-order valence-corrected chi connectivity index (χ1v) is 6.37. The number of halogens is 1. The van der Waals surface area contributed by atoms with E-state index in [0.717, 1.165) is 13.1 Å². The second-order valence-corrected chi connectivity index (χ2v) is 5.60. The number of nitrogens with zero attached hydrogens (tertiary/aromatic N) is 1. The number of hydrogen-bond acceptors (Lipinski definition) is 3. The molecule has 1 fully saturated rings. The Morgan fingerprint density at radius 1 is 1.47 bits per heavy atom. The molecule has 1 heterocycles. The number of nitrogens with one attached hydrogen (secondary N) is 2. The molecule has 15 heavy (non-hydrogen) atoms. The van der Waals surface area contributed by atoms with Crippen molar-refractivity contribution in [2.24, 2.45) is 0 Å². The molecule has 0 unspecified atom stereocenters. The van der Waals surface area contributed by atoms with Crippen LogP contribution in [0.3, 0.4) is 0 Å². The molecule has 0 bridgehead atoms. The molecular formula is C8H20ClN3O2S. The first kappa shape index (κ1) is 15.1. The Morgan fingerprint density at radius 2 is 2.07 bits per heavy atom. The van der Waals surface area contributed by atoms with Gasteiger partial charge < -0.3 is 5.32 Å². The fourth-order valence-electron chi connectivity index (χ4n) is 1.55. The van der Waals surface area contributed by atoms with Gasteiger partial charge >= 0.3 is 0 Å². The van der Waals surface area contributed by atoms with Crippen molar-refractivity contribution in [2.75, 3.05) is 19.6 Å². The molecule has 1 atom stereocenters. The minimum atomic E-state index is -3.29. The van der Waals surface area contributed by atoms with Crippen molar-refractivity contribution < 1.29 is 8.42 Å². The highest BCUT2D eigenvalue weighted by molar-refractivity contribution is 7.87. The third kappa shape index (κ3) is 4.24. The zero-order valence-electron chi connectivity index (χ0n) is 9.36. The summed E-state index contributed by atoms with van der Waals surface area (Å²) in [6.07, 6.45) is 0. The Hall–Kier alpha value is 0.120. The van der Waals surface area contributed by atoms with Crippen LogP contribution < -0.4 is 10.0 Å². The van der Waals surface area contributed by atoms with E-state index in [2.05, 4.69) is 10.0 Å². The van der Waals surface area contributed by atoms with E-state index in [9.17, 15) is 8.42 Å². The molecule has 1 aliphatic rings. The molecule has 0 aromatic rings. The number of hydrogen-bond donors (Lipinski definition) is 2. The van der Waals surface area contributed by atoms with Crippen molar-refractivity contribution in [2.45, 2.75) is 32.9 Å². The van der Waals surface area contributed by atoms with E-state index in [1.54, 1.807) is 0 Å². The van der Waals surface area contributed by atoms with Crippen molar-refractivity contribution >= 4 is 22.6 Å². The van der Waals surface area contributed by atoms with Gasteiger partial charge in [0.1, 0.15) is 0 Å². The molecule has 5 nitrogen and oxygen atoms in total. The quantitative estimate of drug-likeness (QED) is 0.745. The largest absolute Gasteiger partial charge is 0.314 e. The van der Waals surface area contributed by atoms with Gasteiger partial charge in [0, 0.05) is 31.7 Å². The summed E-state index contributed by atoms with van der Waals surface area (Å²) in [7, 11) is -3.29. The summed E-state index contributed by atoms with van der Waals surface area (Å²) in [5.41, 5.74) is 0. The van der Waals surface area contributed by atoms with Crippen LogP contribution in [0.5, 0.6) is 0 Å². The van der Waals surface area contributed by atoms with Gasteiger partial charge in [-0.2, -0.15) is 17.4 Å². The van der Waals surface area contributed by atoms with Gasteiger partial charge in [-0.1, -0.05) is 0 Å². The Kier molecular flexibility index (Phi) is 6.05. The van der Waals surface area contributed by atoms with Crippen LogP contribution in [0.2, 0.25) is 0 Å². The van der Waals surface area contributed by atoms with Crippen LogP contribution in [0.4, 0.5) is 0 Å². The van der Waals surface area contributed by atoms with Gasteiger partial charge in [-0.3, -0.25) is 0 Å². The second kappa shape index (κ2) is 6.00. The van der Waals surface area contributed by atoms with Crippen LogP contribution in [-0.2, 0) is 10.2 Å². The lowest BCUT2D eigenvalue weighted by Crippen LogP contribution is -2.56. The summed E-state index contributed by atoms with van der Waals surface area (Å²) in [5, 5.41) is 3.16. The van der Waals surface area contributed by atoms with Gasteiger partial charge in [-0.15, -0.1) is 12.4 Å². The third-order valence-corrected chi connectivity index (χ3v) is 4.06. The molecule has 0 aliphatic carbocycles. The molecule has 0 radical (unpaired) electrons. The summed E-state index contributed by atoms with van der Waals surface area (Å²) in [5.74, 6) is 0. The van der Waals surface area contributed by atoms with Crippen LogP contribution in [0.1, 0.15) is 20.8 Å². The zero-order chi connectivity index (χ0) is 10.8.